The molecule has 2 heterocycles. The van der Waals surface area contributed by atoms with Gasteiger partial charge in [-0.05, 0) is 44.2 Å². The predicted molar refractivity (Wildman–Crippen MR) is 180 cm³/mol. The van der Waals surface area contributed by atoms with E-state index < -0.39 is 35.8 Å². The lowest BCUT2D eigenvalue weighted by atomic mass is 10.0. The first-order valence-electron chi connectivity index (χ1n) is 16.1. The largest absolute Gasteiger partial charge is 0.354 e. The van der Waals surface area contributed by atoms with Crippen LogP contribution in [0.2, 0.25) is 5.02 Å². The van der Waals surface area contributed by atoms with Crippen molar-refractivity contribution in [3.05, 3.63) is 71.0 Å². The Hall–Kier alpha value is -4.78. The summed E-state index contributed by atoms with van der Waals surface area (Å²) in [7, 11) is 0. The highest BCUT2D eigenvalue weighted by Gasteiger charge is 2.29. The Morgan fingerprint density at radius 2 is 1.60 bits per heavy atom. The first-order valence-corrected chi connectivity index (χ1v) is 16.5. The molecule has 1 aliphatic heterocycles. The molecule has 0 unspecified atom stereocenters. The van der Waals surface area contributed by atoms with Crippen LogP contribution in [0.5, 0.6) is 0 Å². The van der Waals surface area contributed by atoms with E-state index >= 15 is 0 Å². The van der Waals surface area contributed by atoms with Crippen LogP contribution >= 0.6 is 11.6 Å². The van der Waals surface area contributed by atoms with Crippen molar-refractivity contribution < 1.29 is 24.0 Å². The fourth-order valence-corrected chi connectivity index (χ4v) is 5.51. The van der Waals surface area contributed by atoms with Crippen molar-refractivity contribution >= 4 is 41.1 Å². The molecule has 5 amide bonds. The number of carbonyl (C=O) groups excluding carboxylic acids is 5. The minimum Gasteiger partial charge on any atom is -0.354 e. The molecule has 1 aromatic heterocycles. The standard InChI is InChI=1S/C34H43ClN8O5/c1-21(2)17-27-34(48)38-22(3)32-40-31(24-11-6-5-7-12-24)41-43(32)20-28(44)36-15-10-16-42(19-29(45)37-23(4)33(47)39-27)30(46)18-25-13-8-9-14-26(25)35/h5-9,11-14,21-23,27H,10,15-20H2,1-4H3,(H,36,44)(H,37,45)(H,38,48)(H,39,47)/t22-,23+,27+/m0/s1. The summed E-state index contributed by atoms with van der Waals surface area (Å²) in [6, 6.07) is 13.7. The summed E-state index contributed by atoms with van der Waals surface area (Å²) >= 11 is 6.28. The topological polar surface area (TPSA) is 167 Å². The minimum absolute atomic E-state index is 0.0294. The monoisotopic (exact) mass is 678 g/mol. The zero-order valence-corrected chi connectivity index (χ0v) is 28.4. The second kappa shape index (κ2) is 16.9. The molecule has 1 aliphatic rings. The lowest BCUT2D eigenvalue weighted by Gasteiger charge is -2.25. The molecule has 0 saturated carbocycles. The maximum absolute atomic E-state index is 13.6. The van der Waals surface area contributed by atoms with E-state index in [0.29, 0.717) is 35.1 Å². The Balaban J connectivity index is 1.61. The van der Waals surface area contributed by atoms with Crippen LogP contribution < -0.4 is 21.3 Å². The highest BCUT2D eigenvalue weighted by Crippen LogP contribution is 2.20. The quantitative estimate of drug-likeness (QED) is 0.322. The predicted octanol–water partition coefficient (Wildman–Crippen LogP) is 2.40. The van der Waals surface area contributed by atoms with Gasteiger partial charge in [-0.3, -0.25) is 24.0 Å². The van der Waals surface area contributed by atoms with E-state index in [4.69, 9.17) is 11.6 Å². The molecular weight excluding hydrogens is 636 g/mol. The summed E-state index contributed by atoms with van der Waals surface area (Å²) in [5.41, 5.74) is 1.36. The van der Waals surface area contributed by atoms with Gasteiger partial charge >= 0.3 is 0 Å². The highest BCUT2D eigenvalue weighted by atomic mass is 35.5. The van der Waals surface area contributed by atoms with Gasteiger partial charge in [-0.25, -0.2) is 9.67 Å². The van der Waals surface area contributed by atoms with E-state index in [1.807, 2.05) is 44.2 Å². The molecule has 2 aromatic carbocycles. The van der Waals surface area contributed by atoms with E-state index in [1.165, 1.54) is 16.5 Å². The Morgan fingerprint density at radius 1 is 0.896 bits per heavy atom. The number of amides is 5. The first kappa shape index (κ1) is 36.1. The van der Waals surface area contributed by atoms with Crippen molar-refractivity contribution in [2.45, 2.75) is 71.6 Å². The van der Waals surface area contributed by atoms with Crippen molar-refractivity contribution in [1.29, 1.82) is 0 Å². The first-order chi connectivity index (χ1) is 22.9. The maximum atomic E-state index is 13.6. The van der Waals surface area contributed by atoms with Gasteiger partial charge in [-0.2, -0.15) is 5.10 Å². The molecule has 0 spiro atoms. The van der Waals surface area contributed by atoms with Crippen molar-refractivity contribution in [3.8, 4) is 11.4 Å². The Bertz CT molecular complexity index is 1610. The molecule has 14 heteroatoms. The molecule has 4 N–H and O–H groups in total. The van der Waals surface area contributed by atoms with Crippen molar-refractivity contribution in [2.75, 3.05) is 19.6 Å². The number of nitrogens with one attached hydrogen (secondary N) is 4. The smallest absolute Gasteiger partial charge is 0.243 e. The van der Waals surface area contributed by atoms with Crippen LogP contribution in [-0.2, 0) is 36.9 Å². The van der Waals surface area contributed by atoms with E-state index in [-0.39, 0.29) is 50.3 Å². The molecule has 0 aliphatic carbocycles. The fourth-order valence-electron chi connectivity index (χ4n) is 5.30. The molecule has 3 aromatic rings. The van der Waals surface area contributed by atoms with Gasteiger partial charge in [0.25, 0.3) is 0 Å². The highest BCUT2D eigenvalue weighted by molar-refractivity contribution is 6.31. The summed E-state index contributed by atoms with van der Waals surface area (Å²) < 4.78 is 1.46. The van der Waals surface area contributed by atoms with E-state index in [2.05, 4.69) is 31.3 Å². The number of benzene rings is 2. The number of rotatable bonds is 5. The third-order valence-corrected chi connectivity index (χ3v) is 8.17. The van der Waals surface area contributed by atoms with Crippen molar-refractivity contribution in [2.24, 2.45) is 5.92 Å². The number of halogens is 1. The number of carbonyl (C=O) groups is 5. The zero-order valence-electron chi connectivity index (χ0n) is 27.7. The number of hydrogen-bond donors (Lipinski definition) is 4. The number of hydrogen-bond acceptors (Lipinski definition) is 7. The second-order valence-corrected chi connectivity index (χ2v) is 12.7. The van der Waals surface area contributed by atoms with Gasteiger partial charge in [0, 0.05) is 23.7 Å². The molecule has 256 valence electrons. The molecule has 48 heavy (non-hydrogen) atoms. The lowest BCUT2D eigenvalue weighted by Crippen LogP contribution is -2.54. The lowest BCUT2D eigenvalue weighted by molar-refractivity contribution is -0.137. The van der Waals surface area contributed by atoms with Gasteiger partial charge in [-0.1, -0.05) is 74.0 Å². The molecule has 0 bridgehead atoms. The number of fused-ring (bicyclic) bond motifs is 1. The van der Waals surface area contributed by atoms with Crippen LogP contribution in [0.3, 0.4) is 0 Å². The van der Waals surface area contributed by atoms with Crippen LogP contribution in [0, 0.1) is 5.92 Å². The average Bonchev–Trinajstić information content (AvgIpc) is 3.46. The Labute approximate surface area is 285 Å². The number of aromatic nitrogens is 3. The summed E-state index contributed by atoms with van der Waals surface area (Å²) in [6.45, 7) is 7.00. The van der Waals surface area contributed by atoms with Gasteiger partial charge < -0.3 is 26.2 Å². The van der Waals surface area contributed by atoms with Gasteiger partial charge in [0.2, 0.25) is 29.5 Å². The van der Waals surface area contributed by atoms with Gasteiger partial charge in [0.05, 0.1) is 19.0 Å². The Morgan fingerprint density at radius 3 is 2.31 bits per heavy atom. The van der Waals surface area contributed by atoms with E-state index in [0.717, 1.165) is 5.56 Å². The SMILES string of the molecule is CC(C)C[C@H]1NC(=O)[C@@H](C)NC(=O)CN(C(=O)Cc2ccccc2Cl)CCCNC(=O)Cn2nc(-c3ccccc3)nc2[C@H](C)NC1=O. The summed E-state index contributed by atoms with van der Waals surface area (Å²) in [4.78, 5) is 72.4. The van der Waals surface area contributed by atoms with Gasteiger partial charge in [0.15, 0.2) is 5.82 Å². The third-order valence-electron chi connectivity index (χ3n) is 7.80. The van der Waals surface area contributed by atoms with Crippen LogP contribution in [0.25, 0.3) is 11.4 Å². The second-order valence-electron chi connectivity index (χ2n) is 12.3. The van der Waals surface area contributed by atoms with E-state index in [9.17, 15) is 24.0 Å². The molecular formula is C34H43ClN8O5. The van der Waals surface area contributed by atoms with Gasteiger partial charge in [-0.15, -0.1) is 0 Å². The molecule has 3 atom stereocenters. The summed E-state index contributed by atoms with van der Waals surface area (Å²) in [5, 5.41) is 16.2. The minimum atomic E-state index is -0.990. The van der Waals surface area contributed by atoms with Crippen LogP contribution in [0.4, 0.5) is 0 Å². The van der Waals surface area contributed by atoms with Crippen LogP contribution in [0.1, 0.15) is 58.0 Å². The van der Waals surface area contributed by atoms with Crippen molar-refractivity contribution in [3.63, 3.8) is 0 Å². The van der Waals surface area contributed by atoms with Crippen molar-refractivity contribution in [1.82, 2.24) is 40.9 Å². The van der Waals surface area contributed by atoms with E-state index in [1.54, 1.807) is 31.2 Å². The summed E-state index contributed by atoms with van der Waals surface area (Å²) in [6.07, 6.45) is 0.657. The van der Waals surface area contributed by atoms with Crippen LogP contribution in [-0.4, -0.2) is 80.9 Å². The summed E-state index contributed by atoms with van der Waals surface area (Å²) in [5.74, 6) is -1.41. The molecule has 0 radical (unpaired) electrons. The molecule has 4 rings (SSSR count). The molecule has 0 saturated heterocycles. The number of nitrogens with zero attached hydrogens (tertiary/aromatic N) is 4. The average molecular weight is 679 g/mol. The fraction of sp³-hybridized carbons (Fsp3) is 0.441. The van der Waals surface area contributed by atoms with Crippen LogP contribution in [0.15, 0.2) is 54.6 Å². The third kappa shape index (κ3) is 10.1. The molecule has 13 nitrogen and oxygen atoms in total. The Kier molecular flexibility index (Phi) is 12.7. The van der Waals surface area contributed by atoms with Gasteiger partial charge in [0.1, 0.15) is 24.5 Å². The molecule has 0 fully saturated rings. The zero-order chi connectivity index (χ0) is 34.8. The normalized spacial score (nSPS) is 20.4. The maximum Gasteiger partial charge on any atom is 0.243 e.